The Hall–Kier alpha value is -3.36. The minimum Gasteiger partial charge on any atom is -0.490 e. The Morgan fingerprint density at radius 3 is 2.44 bits per heavy atom. The highest BCUT2D eigenvalue weighted by molar-refractivity contribution is 9.10. The quantitative estimate of drug-likeness (QED) is 0.326. The molecular formula is C22H20BrN3O8S2. The zero-order valence-corrected chi connectivity index (χ0v) is 22.2. The number of halogens is 1. The third-order valence-electron chi connectivity index (χ3n) is 4.47. The molecule has 2 aromatic rings. The lowest BCUT2D eigenvalue weighted by molar-refractivity contribution is -0.127. The summed E-state index contributed by atoms with van der Waals surface area (Å²) in [7, 11) is -4.28. The molecule has 0 aliphatic carbocycles. The molecule has 0 bridgehead atoms. The Morgan fingerprint density at radius 2 is 1.86 bits per heavy atom. The van der Waals surface area contributed by atoms with Crippen molar-refractivity contribution >= 4 is 72.5 Å². The van der Waals surface area contributed by atoms with Gasteiger partial charge in [0, 0.05) is 12.6 Å². The fraction of sp³-hybridized carbons (Fsp3) is 0.182. The number of benzene rings is 2. The third kappa shape index (κ3) is 6.44. The van der Waals surface area contributed by atoms with Gasteiger partial charge in [-0.25, -0.2) is 0 Å². The lowest BCUT2D eigenvalue weighted by Gasteiger charge is -2.15. The van der Waals surface area contributed by atoms with Crippen LogP contribution in [0.25, 0.3) is 6.08 Å². The van der Waals surface area contributed by atoms with E-state index in [9.17, 15) is 27.6 Å². The molecule has 0 unspecified atom stereocenters. The number of anilines is 1. The van der Waals surface area contributed by atoms with E-state index in [0.29, 0.717) is 23.0 Å². The highest BCUT2D eigenvalue weighted by Gasteiger charge is 2.36. The predicted octanol–water partition coefficient (Wildman–Crippen LogP) is 3.10. The molecule has 1 aliphatic rings. The Morgan fingerprint density at radius 1 is 1.19 bits per heavy atom. The summed E-state index contributed by atoms with van der Waals surface area (Å²) < 4.78 is 36.9. The molecule has 0 radical (unpaired) electrons. The topological polar surface area (TPSA) is 162 Å². The van der Waals surface area contributed by atoms with Gasteiger partial charge in [0.15, 0.2) is 11.5 Å². The van der Waals surface area contributed by atoms with Gasteiger partial charge >= 0.3 is 10.1 Å². The van der Waals surface area contributed by atoms with Crippen LogP contribution in [0, 0.1) is 0 Å². The van der Waals surface area contributed by atoms with Crippen molar-refractivity contribution in [1.29, 1.82) is 0 Å². The summed E-state index contributed by atoms with van der Waals surface area (Å²) in [4.78, 5) is 47.5. The van der Waals surface area contributed by atoms with Gasteiger partial charge in [0.2, 0.25) is 11.8 Å². The van der Waals surface area contributed by atoms with Gasteiger partial charge < -0.3 is 20.0 Å². The van der Waals surface area contributed by atoms with E-state index in [2.05, 4.69) is 21.2 Å². The second kappa shape index (κ2) is 11.1. The van der Waals surface area contributed by atoms with Crippen LogP contribution in [0.1, 0.15) is 19.4 Å². The van der Waals surface area contributed by atoms with Crippen LogP contribution in [0.5, 0.6) is 11.5 Å². The molecule has 0 saturated carbocycles. The number of nitrogens with zero attached hydrogens (tertiary/aromatic N) is 1. The van der Waals surface area contributed by atoms with Gasteiger partial charge in [0.05, 0.1) is 16.0 Å². The lowest BCUT2D eigenvalue weighted by Crippen LogP contribution is -2.36. The van der Waals surface area contributed by atoms with Crippen molar-refractivity contribution in [2.75, 3.05) is 18.5 Å². The first kappa shape index (κ1) is 27.2. The molecule has 14 heteroatoms. The van der Waals surface area contributed by atoms with Gasteiger partial charge in [-0.1, -0.05) is 0 Å². The second-order valence-corrected chi connectivity index (χ2v) is 10.6. The second-order valence-electron chi connectivity index (χ2n) is 7.24. The Kier molecular flexibility index (Phi) is 8.43. The fourth-order valence-corrected chi connectivity index (χ4v) is 5.47. The van der Waals surface area contributed by atoms with Crippen molar-refractivity contribution in [3.05, 3.63) is 51.3 Å². The van der Waals surface area contributed by atoms with Crippen molar-refractivity contribution < 1.29 is 36.5 Å². The molecular weight excluding hydrogens is 578 g/mol. The Balaban J connectivity index is 1.92. The standard InChI is InChI=1S/C22H20BrN3O8S2/c1-3-33-17-9-13(10-18-21(29)26(11-19(24)28)22(30)35-18)8-16(23)20(17)34-36(31,32)15-6-4-14(5-7-15)25-12(2)27/h4-10H,3,11H2,1-2H3,(H2,24,28)(H,25,27)/b18-10-. The predicted molar refractivity (Wildman–Crippen MR) is 136 cm³/mol. The number of hydrogen-bond donors (Lipinski definition) is 2. The summed E-state index contributed by atoms with van der Waals surface area (Å²) in [5, 5.41) is 1.91. The lowest BCUT2D eigenvalue weighted by atomic mass is 10.2. The molecule has 1 fully saturated rings. The first-order chi connectivity index (χ1) is 16.9. The first-order valence-corrected chi connectivity index (χ1v) is 13.2. The molecule has 1 saturated heterocycles. The van der Waals surface area contributed by atoms with Gasteiger partial charge in [-0.05, 0) is 82.7 Å². The fourth-order valence-electron chi connectivity index (χ4n) is 3.02. The summed E-state index contributed by atoms with van der Waals surface area (Å²) in [5.41, 5.74) is 5.91. The van der Waals surface area contributed by atoms with Crippen LogP contribution in [0.15, 0.2) is 50.7 Å². The van der Waals surface area contributed by atoms with Crippen LogP contribution >= 0.6 is 27.7 Å². The number of rotatable bonds is 9. The molecule has 0 aromatic heterocycles. The van der Waals surface area contributed by atoms with Crippen LogP contribution in [0.3, 0.4) is 0 Å². The van der Waals surface area contributed by atoms with Gasteiger partial charge in [-0.2, -0.15) is 8.42 Å². The summed E-state index contributed by atoms with van der Waals surface area (Å²) in [5.74, 6) is -1.87. The van der Waals surface area contributed by atoms with E-state index in [1.807, 2.05) is 0 Å². The molecule has 36 heavy (non-hydrogen) atoms. The van der Waals surface area contributed by atoms with E-state index in [4.69, 9.17) is 14.7 Å². The van der Waals surface area contributed by atoms with Crippen LogP contribution in [0.4, 0.5) is 10.5 Å². The van der Waals surface area contributed by atoms with Gasteiger partial charge in [0.25, 0.3) is 11.1 Å². The maximum atomic E-state index is 12.9. The normalized spacial score (nSPS) is 14.8. The van der Waals surface area contributed by atoms with E-state index in [1.54, 1.807) is 6.92 Å². The van der Waals surface area contributed by atoms with Gasteiger partial charge in [-0.15, -0.1) is 0 Å². The molecule has 2 aromatic carbocycles. The molecule has 4 amide bonds. The largest absolute Gasteiger partial charge is 0.490 e. The molecule has 0 spiro atoms. The number of nitrogens with one attached hydrogen (secondary N) is 1. The number of ether oxygens (including phenoxy) is 1. The third-order valence-corrected chi connectivity index (χ3v) is 7.21. The van der Waals surface area contributed by atoms with Crippen molar-refractivity contribution in [2.45, 2.75) is 18.7 Å². The Labute approximate surface area is 219 Å². The summed E-state index contributed by atoms with van der Waals surface area (Å²) in [6.07, 6.45) is 1.40. The van der Waals surface area contributed by atoms with Gasteiger partial charge in [-0.3, -0.25) is 24.1 Å². The van der Waals surface area contributed by atoms with E-state index in [1.165, 1.54) is 49.4 Å². The monoisotopic (exact) mass is 597 g/mol. The van der Waals surface area contributed by atoms with Crippen LogP contribution in [-0.4, -0.2) is 49.4 Å². The first-order valence-electron chi connectivity index (χ1n) is 10.2. The minimum atomic E-state index is -4.28. The zero-order chi connectivity index (χ0) is 26.6. The number of hydrogen-bond acceptors (Lipinski definition) is 9. The SMILES string of the molecule is CCOc1cc(/C=C2\SC(=O)N(CC(N)=O)C2=O)cc(Br)c1OS(=O)(=O)c1ccc(NC(C)=O)cc1. The zero-order valence-electron chi connectivity index (χ0n) is 18.9. The molecule has 11 nitrogen and oxygen atoms in total. The number of amides is 4. The van der Waals surface area contributed by atoms with Crippen molar-refractivity contribution in [3.63, 3.8) is 0 Å². The summed E-state index contributed by atoms with van der Waals surface area (Å²) in [6.45, 7) is 2.66. The molecule has 3 N–H and O–H groups in total. The summed E-state index contributed by atoms with van der Waals surface area (Å²) in [6, 6.07) is 8.34. The van der Waals surface area contributed by atoms with E-state index < -0.39 is 33.7 Å². The number of carbonyl (C=O) groups is 4. The number of imide groups is 1. The van der Waals surface area contributed by atoms with Crippen LogP contribution in [-0.2, 0) is 24.5 Å². The molecule has 1 heterocycles. The molecule has 0 atom stereocenters. The van der Waals surface area contributed by atoms with Crippen molar-refractivity contribution in [3.8, 4) is 11.5 Å². The number of nitrogens with two attached hydrogens (primary N) is 1. The maximum Gasteiger partial charge on any atom is 0.339 e. The van der Waals surface area contributed by atoms with Crippen LogP contribution < -0.4 is 20.0 Å². The molecule has 190 valence electrons. The van der Waals surface area contributed by atoms with Gasteiger partial charge in [0.1, 0.15) is 11.4 Å². The van der Waals surface area contributed by atoms with Crippen molar-refractivity contribution in [2.24, 2.45) is 5.73 Å². The number of primary amides is 1. The highest BCUT2D eigenvalue weighted by Crippen LogP contribution is 2.40. The average molecular weight is 598 g/mol. The summed E-state index contributed by atoms with van der Waals surface area (Å²) >= 11 is 3.92. The highest BCUT2D eigenvalue weighted by atomic mass is 79.9. The van der Waals surface area contributed by atoms with E-state index >= 15 is 0 Å². The van der Waals surface area contributed by atoms with Crippen molar-refractivity contribution in [1.82, 2.24) is 4.90 Å². The molecule has 1 aliphatic heterocycles. The number of thioether (sulfide) groups is 1. The molecule has 3 rings (SSSR count). The van der Waals surface area contributed by atoms with E-state index in [-0.39, 0.29) is 38.3 Å². The van der Waals surface area contributed by atoms with E-state index in [0.717, 1.165) is 4.90 Å². The maximum absolute atomic E-state index is 12.9. The Bertz CT molecular complexity index is 1370. The number of carbonyl (C=O) groups excluding carboxylic acids is 4. The minimum absolute atomic E-state index is 0.0520. The smallest absolute Gasteiger partial charge is 0.339 e. The average Bonchev–Trinajstić information content (AvgIpc) is 3.03. The van der Waals surface area contributed by atoms with Crippen LogP contribution in [0.2, 0.25) is 0 Å².